The maximum atomic E-state index is 12.7. The third kappa shape index (κ3) is 4.86. The molecule has 1 N–H and O–H groups in total. The van der Waals surface area contributed by atoms with Gasteiger partial charge in [0.2, 0.25) is 5.91 Å². The Morgan fingerprint density at radius 3 is 2.32 bits per heavy atom. The average Bonchev–Trinajstić information content (AvgIpc) is 2.66. The van der Waals surface area contributed by atoms with Crippen LogP contribution >= 0.6 is 0 Å². The van der Waals surface area contributed by atoms with Crippen molar-refractivity contribution < 1.29 is 23.9 Å². The third-order valence-corrected chi connectivity index (χ3v) is 5.20. The predicted molar refractivity (Wildman–Crippen MR) is 91.9 cm³/mol. The first kappa shape index (κ1) is 19.5. The highest BCUT2D eigenvalue weighted by Crippen LogP contribution is 2.30. The van der Waals surface area contributed by atoms with Crippen LogP contribution in [0.3, 0.4) is 0 Å². The number of hydrogen-bond acceptors (Lipinski definition) is 5. The molecule has 0 radical (unpaired) electrons. The normalized spacial score (nSPS) is 20.6. The van der Waals surface area contributed by atoms with Crippen LogP contribution in [0.5, 0.6) is 0 Å². The molecular weight excluding hydrogens is 324 g/mol. The largest absolute Gasteiger partial charge is 0.467 e. The van der Waals surface area contributed by atoms with E-state index in [-0.39, 0.29) is 23.9 Å². The number of carbonyl (C=O) groups is 3. The number of piperidine rings is 1. The number of likely N-dealkylation sites (tertiary alicyclic amines) is 1. The van der Waals surface area contributed by atoms with E-state index < -0.39 is 5.54 Å². The molecule has 0 atom stereocenters. The van der Waals surface area contributed by atoms with Gasteiger partial charge in [-0.25, -0.2) is 9.59 Å². The summed E-state index contributed by atoms with van der Waals surface area (Å²) in [5.41, 5.74) is -0.874. The molecule has 0 bridgehead atoms. The highest BCUT2D eigenvalue weighted by molar-refractivity contribution is 5.89. The molecule has 7 nitrogen and oxygen atoms in total. The molecule has 2 amide bonds. The Kier molecular flexibility index (Phi) is 7.08. The molecule has 1 aliphatic carbocycles. The van der Waals surface area contributed by atoms with Crippen LogP contribution in [0.2, 0.25) is 0 Å². The van der Waals surface area contributed by atoms with Crippen LogP contribution in [-0.2, 0) is 19.1 Å². The SMILES string of the molecule is CCCOC(=O)N1CCC(C(=O)NC2(C(=O)OC)CCCCC2)CC1. The molecule has 2 rings (SSSR count). The molecule has 0 aromatic rings. The van der Waals surface area contributed by atoms with Crippen molar-refractivity contribution in [2.75, 3.05) is 26.8 Å². The fourth-order valence-electron chi connectivity index (χ4n) is 3.67. The van der Waals surface area contributed by atoms with Crippen LogP contribution in [0.4, 0.5) is 4.79 Å². The van der Waals surface area contributed by atoms with E-state index in [1.54, 1.807) is 4.90 Å². The summed E-state index contributed by atoms with van der Waals surface area (Å²) in [6.45, 7) is 3.38. The lowest BCUT2D eigenvalue weighted by molar-refractivity contribution is -0.153. The second-order valence-electron chi connectivity index (χ2n) is 7.00. The fourth-order valence-corrected chi connectivity index (χ4v) is 3.67. The minimum Gasteiger partial charge on any atom is -0.467 e. The number of ether oxygens (including phenoxy) is 2. The summed E-state index contributed by atoms with van der Waals surface area (Å²) >= 11 is 0. The molecule has 0 aromatic carbocycles. The van der Waals surface area contributed by atoms with Crippen molar-refractivity contribution in [1.82, 2.24) is 10.2 Å². The van der Waals surface area contributed by atoms with Crippen LogP contribution < -0.4 is 5.32 Å². The summed E-state index contributed by atoms with van der Waals surface area (Å²) in [6, 6.07) is 0. The quantitative estimate of drug-likeness (QED) is 0.765. The second-order valence-corrected chi connectivity index (χ2v) is 7.00. The van der Waals surface area contributed by atoms with Crippen LogP contribution in [-0.4, -0.2) is 55.2 Å². The Morgan fingerprint density at radius 2 is 1.76 bits per heavy atom. The zero-order valence-corrected chi connectivity index (χ0v) is 15.3. The van der Waals surface area contributed by atoms with Crippen molar-refractivity contribution >= 4 is 18.0 Å². The molecule has 1 saturated carbocycles. The number of nitrogens with one attached hydrogen (secondary N) is 1. The Labute approximate surface area is 149 Å². The van der Waals surface area contributed by atoms with Gasteiger partial charge in [-0.05, 0) is 32.1 Å². The molecule has 2 fully saturated rings. The Balaban J connectivity index is 1.89. The number of amides is 2. The van der Waals surface area contributed by atoms with E-state index in [0.717, 1.165) is 25.7 Å². The number of esters is 1. The van der Waals surface area contributed by atoms with Crippen molar-refractivity contribution in [1.29, 1.82) is 0 Å². The first-order valence-corrected chi connectivity index (χ1v) is 9.34. The van der Waals surface area contributed by atoms with E-state index in [9.17, 15) is 14.4 Å². The number of rotatable bonds is 5. The maximum Gasteiger partial charge on any atom is 0.409 e. The van der Waals surface area contributed by atoms with Gasteiger partial charge in [-0.1, -0.05) is 26.2 Å². The molecule has 0 aromatic heterocycles. The lowest BCUT2D eigenvalue weighted by atomic mass is 9.81. The van der Waals surface area contributed by atoms with E-state index in [2.05, 4.69) is 5.32 Å². The van der Waals surface area contributed by atoms with Gasteiger partial charge in [0.05, 0.1) is 13.7 Å². The standard InChI is InChI=1S/C18H30N2O5/c1-3-13-25-17(23)20-11-7-14(8-12-20)15(21)19-18(16(22)24-2)9-5-4-6-10-18/h14H,3-13H2,1-2H3,(H,19,21). The zero-order chi connectivity index (χ0) is 18.3. The molecule has 0 spiro atoms. The van der Waals surface area contributed by atoms with E-state index >= 15 is 0 Å². The summed E-state index contributed by atoms with van der Waals surface area (Å²) in [5.74, 6) is -0.631. The van der Waals surface area contributed by atoms with E-state index in [1.807, 2.05) is 6.92 Å². The van der Waals surface area contributed by atoms with Gasteiger partial charge < -0.3 is 19.7 Å². The van der Waals surface area contributed by atoms with Crippen molar-refractivity contribution in [3.63, 3.8) is 0 Å². The first-order valence-electron chi connectivity index (χ1n) is 9.34. The molecule has 25 heavy (non-hydrogen) atoms. The monoisotopic (exact) mass is 354 g/mol. The average molecular weight is 354 g/mol. The van der Waals surface area contributed by atoms with Gasteiger partial charge in [-0.2, -0.15) is 0 Å². The predicted octanol–water partition coefficient (Wildman–Crippen LogP) is 2.24. The summed E-state index contributed by atoms with van der Waals surface area (Å²) in [5, 5.41) is 2.98. The van der Waals surface area contributed by atoms with Crippen molar-refractivity contribution in [2.45, 2.75) is 63.8 Å². The summed E-state index contributed by atoms with van der Waals surface area (Å²) < 4.78 is 10.1. The molecule has 142 valence electrons. The topological polar surface area (TPSA) is 84.9 Å². The van der Waals surface area contributed by atoms with Gasteiger partial charge in [0.1, 0.15) is 5.54 Å². The minimum atomic E-state index is -0.874. The lowest BCUT2D eigenvalue weighted by Gasteiger charge is -2.37. The van der Waals surface area contributed by atoms with Crippen LogP contribution in [0, 0.1) is 5.92 Å². The van der Waals surface area contributed by atoms with Crippen LogP contribution in [0.15, 0.2) is 0 Å². The van der Waals surface area contributed by atoms with Crippen LogP contribution in [0.1, 0.15) is 58.3 Å². The molecule has 2 aliphatic rings. The van der Waals surface area contributed by atoms with Gasteiger partial charge in [0, 0.05) is 19.0 Å². The smallest absolute Gasteiger partial charge is 0.409 e. The van der Waals surface area contributed by atoms with Gasteiger partial charge in [0.25, 0.3) is 0 Å². The Morgan fingerprint density at radius 1 is 1.12 bits per heavy atom. The molecule has 1 saturated heterocycles. The van der Waals surface area contributed by atoms with Gasteiger partial charge in [0.15, 0.2) is 0 Å². The van der Waals surface area contributed by atoms with Gasteiger partial charge >= 0.3 is 12.1 Å². The summed E-state index contributed by atoms with van der Waals surface area (Å²) in [7, 11) is 1.37. The van der Waals surface area contributed by atoms with Crippen molar-refractivity contribution in [3.8, 4) is 0 Å². The second kappa shape index (κ2) is 9.06. The van der Waals surface area contributed by atoms with Crippen molar-refractivity contribution in [2.24, 2.45) is 5.92 Å². The summed E-state index contributed by atoms with van der Waals surface area (Å²) in [4.78, 5) is 38.4. The highest BCUT2D eigenvalue weighted by atomic mass is 16.6. The number of carbonyl (C=O) groups excluding carboxylic acids is 3. The van der Waals surface area contributed by atoms with Crippen molar-refractivity contribution in [3.05, 3.63) is 0 Å². The molecule has 0 unspecified atom stereocenters. The van der Waals surface area contributed by atoms with E-state index in [0.29, 0.717) is 45.4 Å². The molecule has 7 heteroatoms. The van der Waals surface area contributed by atoms with Crippen LogP contribution in [0.25, 0.3) is 0 Å². The number of methoxy groups -OCH3 is 1. The van der Waals surface area contributed by atoms with Gasteiger partial charge in [-0.3, -0.25) is 4.79 Å². The van der Waals surface area contributed by atoms with Gasteiger partial charge in [-0.15, -0.1) is 0 Å². The highest BCUT2D eigenvalue weighted by Gasteiger charge is 2.43. The fraction of sp³-hybridized carbons (Fsp3) is 0.833. The maximum absolute atomic E-state index is 12.7. The Bertz CT molecular complexity index is 480. The minimum absolute atomic E-state index is 0.103. The van der Waals surface area contributed by atoms with E-state index in [1.165, 1.54) is 7.11 Å². The number of nitrogens with zero attached hydrogens (tertiary/aromatic N) is 1. The summed E-state index contributed by atoms with van der Waals surface area (Å²) in [6.07, 6.45) is 5.83. The number of hydrogen-bond donors (Lipinski definition) is 1. The molecular formula is C18H30N2O5. The zero-order valence-electron chi connectivity index (χ0n) is 15.3. The lowest BCUT2D eigenvalue weighted by Crippen LogP contribution is -2.58. The first-order chi connectivity index (χ1) is 12.0. The van der Waals surface area contributed by atoms with E-state index in [4.69, 9.17) is 9.47 Å². The molecule has 1 heterocycles. The third-order valence-electron chi connectivity index (χ3n) is 5.20. The Hall–Kier alpha value is -1.79. The molecule has 1 aliphatic heterocycles.